The fraction of sp³-hybridized carbons (Fsp3) is 0.500. The maximum absolute atomic E-state index is 12.8. The molecule has 2 aliphatic heterocycles. The van der Waals surface area contributed by atoms with E-state index in [4.69, 9.17) is 25.8 Å². The summed E-state index contributed by atoms with van der Waals surface area (Å²) in [6, 6.07) is 5.43. The van der Waals surface area contributed by atoms with Gasteiger partial charge >= 0.3 is 5.97 Å². The molecule has 172 valence electrons. The van der Waals surface area contributed by atoms with Gasteiger partial charge in [0.2, 0.25) is 0 Å². The van der Waals surface area contributed by atoms with Crippen LogP contribution in [0.1, 0.15) is 55.6 Å². The fourth-order valence-corrected chi connectivity index (χ4v) is 4.82. The summed E-state index contributed by atoms with van der Waals surface area (Å²) in [6.07, 6.45) is 3.29. The van der Waals surface area contributed by atoms with Gasteiger partial charge in [0.25, 0.3) is 0 Å². The number of aromatic nitrogens is 1. The highest BCUT2D eigenvalue weighted by Gasteiger charge is 2.43. The molecule has 2 aliphatic rings. The first-order chi connectivity index (χ1) is 15.3. The molecule has 0 aliphatic carbocycles. The van der Waals surface area contributed by atoms with Crippen LogP contribution in [0.3, 0.4) is 0 Å². The van der Waals surface area contributed by atoms with Crippen molar-refractivity contribution in [1.82, 2.24) is 4.68 Å². The average molecular weight is 461 g/mol. The molecule has 3 heterocycles. The van der Waals surface area contributed by atoms with Gasteiger partial charge in [-0.25, -0.2) is 4.79 Å². The Labute approximate surface area is 192 Å². The maximum Gasteiger partial charge on any atom is 0.343 e. The number of benzene rings is 1. The topological polar surface area (TPSA) is 70.0 Å². The van der Waals surface area contributed by atoms with Gasteiger partial charge < -0.3 is 19.2 Å². The van der Waals surface area contributed by atoms with E-state index in [0.717, 1.165) is 30.5 Å². The predicted molar refractivity (Wildman–Crippen MR) is 123 cm³/mol. The zero-order chi connectivity index (χ0) is 23.0. The summed E-state index contributed by atoms with van der Waals surface area (Å²) in [5.74, 6) is 0.0246. The SMILES string of the molecule is CCOC(=O)c1cn2c(cc1=O)-c1cc(Cl)c(OCCCOC)cc1C1CC(C)(C)CN12. The lowest BCUT2D eigenvalue weighted by molar-refractivity contribution is 0.0524. The molecular formula is C24H29ClN2O5. The smallest absolute Gasteiger partial charge is 0.343 e. The van der Waals surface area contributed by atoms with E-state index in [1.165, 1.54) is 6.07 Å². The summed E-state index contributed by atoms with van der Waals surface area (Å²) in [5.41, 5.74) is 2.38. The second kappa shape index (κ2) is 8.79. The summed E-state index contributed by atoms with van der Waals surface area (Å²) in [5, 5.41) is 2.70. The van der Waals surface area contributed by atoms with E-state index < -0.39 is 5.97 Å². The Bertz CT molecular complexity index is 1090. The average Bonchev–Trinajstić information content (AvgIpc) is 3.07. The monoisotopic (exact) mass is 460 g/mol. The van der Waals surface area contributed by atoms with Crippen molar-refractivity contribution in [3.8, 4) is 17.0 Å². The first-order valence-corrected chi connectivity index (χ1v) is 11.3. The molecule has 0 amide bonds. The minimum Gasteiger partial charge on any atom is -0.492 e. The van der Waals surface area contributed by atoms with Gasteiger partial charge in [0, 0.05) is 44.5 Å². The number of carbonyl (C=O) groups excluding carboxylic acids is 1. The first kappa shape index (κ1) is 22.7. The Morgan fingerprint density at radius 3 is 2.75 bits per heavy atom. The second-order valence-electron chi connectivity index (χ2n) is 9.05. The van der Waals surface area contributed by atoms with Crippen LogP contribution in [0.2, 0.25) is 5.02 Å². The third-order valence-electron chi connectivity index (χ3n) is 5.99. The Hall–Kier alpha value is -2.51. The third kappa shape index (κ3) is 4.11. The molecule has 7 nitrogen and oxygen atoms in total. The number of esters is 1. The van der Waals surface area contributed by atoms with Gasteiger partial charge in [0.15, 0.2) is 5.43 Å². The number of methoxy groups -OCH3 is 1. The molecule has 1 aromatic carbocycles. The van der Waals surface area contributed by atoms with Gasteiger partial charge in [-0.1, -0.05) is 25.4 Å². The molecule has 8 heteroatoms. The lowest BCUT2D eigenvalue weighted by atomic mass is 9.86. The number of hydrogen-bond donors (Lipinski definition) is 0. The van der Waals surface area contributed by atoms with E-state index in [-0.39, 0.29) is 29.1 Å². The second-order valence-corrected chi connectivity index (χ2v) is 9.46. The zero-order valence-corrected chi connectivity index (χ0v) is 19.7. The quantitative estimate of drug-likeness (QED) is 0.456. The third-order valence-corrected chi connectivity index (χ3v) is 6.28. The number of ether oxygens (including phenoxy) is 3. The van der Waals surface area contributed by atoms with E-state index >= 15 is 0 Å². The number of carbonyl (C=O) groups is 1. The van der Waals surface area contributed by atoms with Crippen molar-refractivity contribution >= 4 is 17.6 Å². The van der Waals surface area contributed by atoms with Gasteiger partial charge in [-0.3, -0.25) is 9.47 Å². The Morgan fingerprint density at radius 1 is 1.25 bits per heavy atom. The van der Waals surface area contributed by atoms with Gasteiger partial charge in [-0.15, -0.1) is 0 Å². The van der Waals surface area contributed by atoms with E-state index in [1.807, 2.05) is 16.8 Å². The van der Waals surface area contributed by atoms with Gasteiger partial charge in [-0.2, -0.15) is 0 Å². The first-order valence-electron chi connectivity index (χ1n) is 10.9. The molecule has 0 saturated carbocycles. The predicted octanol–water partition coefficient (Wildman–Crippen LogP) is 4.18. The Morgan fingerprint density at radius 2 is 2.03 bits per heavy atom. The van der Waals surface area contributed by atoms with Crippen LogP contribution in [0.5, 0.6) is 5.75 Å². The number of rotatable bonds is 7. The molecule has 2 aromatic rings. The summed E-state index contributed by atoms with van der Waals surface area (Å²) >= 11 is 6.57. The van der Waals surface area contributed by atoms with Crippen molar-refractivity contribution in [3.05, 3.63) is 50.8 Å². The zero-order valence-electron chi connectivity index (χ0n) is 18.9. The number of pyridine rings is 1. The molecule has 32 heavy (non-hydrogen) atoms. The van der Waals surface area contributed by atoms with E-state index in [0.29, 0.717) is 29.7 Å². The highest BCUT2D eigenvalue weighted by molar-refractivity contribution is 6.32. The summed E-state index contributed by atoms with van der Waals surface area (Å²) in [6.45, 7) is 8.28. The fourth-order valence-electron chi connectivity index (χ4n) is 4.60. The van der Waals surface area contributed by atoms with Crippen molar-refractivity contribution in [2.24, 2.45) is 5.41 Å². The van der Waals surface area contributed by atoms with E-state index in [9.17, 15) is 9.59 Å². The van der Waals surface area contributed by atoms with Crippen molar-refractivity contribution < 1.29 is 19.0 Å². The van der Waals surface area contributed by atoms with Gasteiger partial charge in [0.1, 0.15) is 11.3 Å². The van der Waals surface area contributed by atoms with E-state index in [1.54, 1.807) is 20.2 Å². The van der Waals surface area contributed by atoms with Gasteiger partial charge in [-0.05, 0) is 36.5 Å². The van der Waals surface area contributed by atoms with Crippen LogP contribution in [0, 0.1) is 5.41 Å². The molecule has 1 aromatic heterocycles. The Kier molecular flexibility index (Phi) is 6.23. The van der Waals surface area contributed by atoms with Crippen LogP contribution in [0.15, 0.2) is 29.2 Å². The molecule has 1 saturated heterocycles. The highest BCUT2D eigenvalue weighted by atomic mass is 35.5. The Balaban J connectivity index is 1.82. The van der Waals surface area contributed by atoms with Crippen LogP contribution < -0.4 is 15.2 Å². The van der Waals surface area contributed by atoms with Crippen molar-refractivity contribution in [2.75, 3.05) is 38.5 Å². The minimum atomic E-state index is -0.605. The molecule has 4 rings (SSSR count). The molecular weight excluding hydrogens is 432 g/mol. The van der Waals surface area contributed by atoms with E-state index in [2.05, 4.69) is 18.9 Å². The number of halogens is 1. The number of hydrogen-bond acceptors (Lipinski definition) is 6. The normalized spacial score (nSPS) is 18.0. The lowest BCUT2D eigenvalue weighted by Crippen LogP contribution is -2.40. The minimum absolute atomic E-state index is 0.0340. The molecule has 1 atom stereocenters. The molecule has 0 N–H and O–H groups in total. The van der Waals surface area contributed by atoms with Crippen LogP contribution in [0.4, 0.5) is 0 Å². The van der Waals surface area contributed by atoms with Crippen molar-refractivity contribution in [2.45, 2.75) is 39.7 Å². The number of nitrogens with zero attached hydrogens (tertiary/aromatic N) is 2. The highest BCUT2D eigenvalue weighted by Crippen LogP contribution is 2.49. The summed E-state index contributed by atoms with van der Waals surface area (Å²) in [7, 11) is 1.66. The molecule has 1 fully saturated rings. The van der Waals surface area contributed by atoms with Crippen LogP contribution >= 0.6 is 11.6 Å². The maximum atomic E-state index is 12.8. The molecule has 1 unspecified atom stereocenters. The van der Waals surface area contributed by atoms with Crippen molar-refractivity contribution in [1.29, 1.82) is 0 Å². The largest absolute Gasteiger partial charge is 0.492 e. The van der Waals surface area contributed by atoms with Crippen LogP contribution in [-0.2, 0) is 9.47 Å². The van der Waals surface area contributed by atoms with Crippen LogP contribution in [0.25, 0.3) is 11.3 Å². The molecule has 0 spiro atoms. The standard InChI is InChI=1S/C24H29ClN2O5/c1-5-31-23(29)17-13-26-19(11-21(17)28)15-9-18(25)22(32-8-6-7-30-4)10-16(15)20-12-24(2,3)14-27(20)26/h9-11,13,20H,5-8,12,14H2,1-4H3. The lowest BCUT2D eigenvalue weighted by Gasteiger charge is -2.38. The van der Waals surface area contributed by atoms with Crippen LogP contribution in [-0.4, -0.2) is 44.1 Å². The summed E-state index contributed by atoms with van der Waals surface area (Å²) < 4.78 is 18.0. The summed E-state index contributed by atoms with van der Waals surface area (Å²) in [4.78, 5) is 25.2. The van der Waals surface area contributed by atoms with Crippen molar-refractivity contribution in [3.63, 3.8) is 0 Å². The van der Waals surface area contributed by atoms with Gasteiger partial charge in [0.05, 0.1) is 30.0 Å². The molecule has 0 radical (unpaired) electrons. The molecule has 0 bridgehead atoms. The number of fused-ring (bicyclic) bond motifs is 6.